The lowest BCUT2D eigenvalue weighted by molar-refractivity contribution is -0.122. The van der Waals surface area contributed by atoms with E-state index in [0.29, 0.717) is 10.2 Å². The second-order valence-corrected chi connectivity index (χ2v) is 6.99. The van der Waals surface area contributed by atoms with Crippen LogP contribution in [0.5, 0.6) is 5.75 Å². The largest absolute Gasteiger partial charge is 0.481 e. The van der Waals surface area contributed by atoms with E-state index in [1.54, 1.807) is 13.0 Å². The number of halogens is 2. The van der Waals surface area contributed by atoms with Crippen molar-refractivity contribution in [2.45, 2.75) is 39.7 Å². The normalized spacial score (nSPS) is 12.1. The molecule has 0 spiro atoms. The molecule has 0 fully saturated rings. The number of hydrogen-bond acceptors (Lipinski definition) is 2. The van der Waals surface area contributed by atoms with Gasteiger partial charge in [-0.2, -0.15) is 0 Å². The number of carbonyl (C=O) groups is 1. The number of anilines is 1. The highest BCUT2D eigenvalue weighted by molar-refractivity contribution is 9.10. The number of nitrogens with one attached hydrogen (secondary N) is 1. The summed E-state index contributed by atoms with van der Waals surface area (Å²) in [6, 6.07) is 10.4. The quantitative estimate of drug-likeness (QED) is 0.735. The van der Waals surface area contributed by atoms with Gasteiger partial charge in [0.2, 0.25) is 0 Å². The minimum atomic E-state index is -0.743. The Morgan fingerprint density at radius 1 is 1.17 bits per heavy atom. The Balaban J connectivity index is 2.13. The zero-order chi connectivity index (χ0) is 17.9. The topological polar surface area (TPSA) is 38.3 Å². The van der Waals surface area contributed by atoms with Gasteiger partial charge in [0.05, 0.1) is 5.69 Å². The van der Waals surface area contributed by atoms with Crippen LogP contribution in [0.3, 0.4) is 0 Å². The molecule has 0 aromatic heterocycles. The molecule has 0 saturated heterocycles. The number of rotatable bonds is 5. The summed E-state index contributed by atoms with van der Waals surface area (Å²) in [5.74, 6) is 0.0690. The van der Waals surface area contributed by atoms with Crippen molar-refractivity contribution >= 4 is 27.5 Å². The molecule has 128 valence electrons. The van der Waals surface area contributed by atoms with Crippen molar-refractivity contribution in [3.05, 3.63) is 57.8 Å². The average Bonchev–Trinajstić information content (AvgIpc) is 2.49. The molecule has 0 saturated carbocycles. The second-order valence-electron chi connectivity index (χ2n) is 6.07. The number of hydrogen-bond donors (Lipinski definition) is 1. The van der Waals surface area contributed by atoms with Crippen molar-refractivity contribution < 1.29 is 13.9 Å². The van der Waals surface area contributed by atoms with Crippen LogP contribution in [-0.2, 0) is 4.79 Å². The highest BCUT2D eigenvalue weighted by Crippen LogP contribution is 2.28. The van der Waals surface area contributed by atoms with E-state index in [1.807, 2.05) is 25.1 Å². The number of aryl methyl sites for hydroxylation is 1. The van der Waals surface area contributed by atoms with Crippen molar-refractivity contribution in [2.24, 2.45) is 0 Å². The first-order valence-electron chi connectivity index (χ1n) is 7.81. The summed E-state index contributed by atoms with van der Waals surface area (Å²) >= 11 is 3.19. The van der Waals surface area contributed by atoms with Crippen LogP contribution >= 0.6 is 15.9 Å². The predicted octanol–water partition coefficient (Wildman–Crippen LogP) is 5.43. The molecule has 1 atom stereocenters. The molecular formula is C19H21BrFNO2. The fraction of sp³-hybridized carbons (Fsp3) is 0.316. The molecule has 3 nitrogen and oxygen atoms in total. The fourth-order valence-corrected chi connectivity index (χ4v) is 2.62. The third-order valence-corrected chi connectivity index (χ3v) is 4.15. The van der Waals surface area contributed by atoms with E-state index in [1.165, 1.54) is 12.1 Å². The molecule has 2 rings (SSSR count). The van der Waals surface area contributed by atoms with Gasteiger partial charge in [0.1, 0.15) is 11.6 Å². The van der Waals surface area contributed by atoms with Crippen LogP contribution in [0.1, 0.15) is 37.8 Å². The summed E-state index contributed by atoms with van der Waals surface area (Å²) in [6.07, 6.45) is -0.743. The van der Waals surface area contributed by atoms with Gasteiger partial charge in [0.25, 0.3) is 5.91 Å². The second kappa shape index (κ2) is 7.79. The van der Waals surface area contributed by atoms with Gasteiger partial charge in [0, 0.05) is 4.47 Å². The molecule has 1 amide bonds. The molecule has 0 heterocycles. The number of carbonyl (C=O) groups excluding carboxylic acids is 1. The fourth-order valence-electron chi connectivity index (χ4n) is 2.29. The minimum absolute atomic E-state index is 0.131. The lowest BCUT2D eigenvalue weighted by Crippen LogP contribution is -2.30. The third-order valence-electron chi connectivity index (χ3n) is 3.65. The van der Waals surface area contributed by atoms with Gasteiger partial charge in [-0.15, -0.1) is 0 Å². The van der Waals surface area contributed by atoms with Gasteiger partial charge < -0.3 is 10.1 Å². The Morgan fingerprint density at radius 2 is 1.88 bits per heavy atom. The smallest absolute Gasteiger partial charge is 0.265 e. The first kappa shape index (κ1) is 18.5. The highest BCUT2D eigenvalue weighted by atomic mass is 79.9. The average molecular weight is 394 g/mol. The van der Waals surface area contributed by atoms with Gasteiger partial charge in [-0.05, 0) is 55.2 Å². The molecule has 24 heavy (non-hydrogen) atoms. The van der Waals surface area contributed by atoms with Gasteiger partial charge in [-0.25, -0.2) is 4.39 Å². The highest BCUT2D eigenvalue weighted by Gasteiger charge is 2.19. The maximum absolute atomic E-state index is 13.8. The zero-order valence-corrected chi connectivity index (χ0v) is 15.8. The Hall–Kier alpha value is -1.88. The van der Waals surface area contributed by atoms with Gasteiger partial charge in [-0.3, -0.25) is 4.79 Å². The summed E-state index contributed by atoms with van der Waals surface area (Å²) < 4.78 is 20.3. The summed E-state index contributed by atoms with van der Waals surface area (Å²) in [6.45, 7) is 7.76. The molecule has 2 aromatic carbocycles. The van der Waals surface area contributed by atoms with Crippen molar-refractivity contribution in [3.8, 4) is 5.75 Å². The van der Waals surface area contributed by atoms with Crippen LogP contribution in [0.15, 0.2) is 40.9 Å². The van der Waals surface area contributed by atoms with Crippen LogP contribution in [-0.4, -0.2) is 12.0 Å². The van der Waals surface area contributed by atoms with Crippen LogP contribution in [0, 0.1) is 12.7 Å². The van der Waals surface area contributed by atoms with Crippen LogP contribution in [0.2, 0.25) is 0 Å². The van der Waals surface area contributed by atoms with E-state index < -0.39 is 17.8 Å². The predicted molar refractivity (Wildman–Crippen MR) is 98.1 cm³/mol. The van der Waals surface area contributed by atoms with Crippen LogP contribution < -0.4 is 10.1 Å². The maximum Gasteiger partial charge on any atom is 0.265 e. The molecule has 1 N–H and O–H groups in total. The molecular weight excluding hydrogens is 373 g/mol. The van der Waals surface area contributed by atoms with Crippen molar-refractivity contribution in [2.75, 3.05) is 5.32 Å². The van der Waals surface area contributed by atoms with E-state index in [0.717, 1.165) is 11.1 Å². The van der Waals surface area contributed by atoms with E-state index in [2.05, 4.69) is 35.1 Å². The first-order chi connectivity index (χ1) is 11.3. The summed E-state index contributed by atoms with van der Waals surface area (Å²) in [5.41, 5.74) is 2.23. The Bertz CT molecular complexity index is 746. The number of ether oxygens (including phenoxy) is 1. The molecule has 0 bridgehead atoms. The summed E-state index contributed by atoms with van der Waals surface area (Å²) in [7, 11) is 0. The molecule has 0 radical (unpaired) electrons. The number of benzene rings is 2. The van der Waals surface area contributed by atoms with Crippen LogP contribution in [0.4, 0.5) is 10.1 Å². The molecule has 5 heteroatoms. The number of amides is 1. The van der Waals surface area contributed by atoms with Crippen LogP contribution in [0.25, 0.3) is 0 Å². The molecule has 0 aliphatic heterocycles. The first-order valence-corrected chi connectivity index (χ1v) is 8.60. The van der Waals surface area contributed by atoms with Crippen molar-refractivity contribution in [1.82, 2.24) is 0 Å². The van der Waals surface area contributed by atoms with Gasteiger partial charge in [-0.1, -0.05) is 41.9 Å². The third kappa shape index (κ3) is 4.57. The van der Waals surface area contributed by atoms with E-state index in [9.17, 15) is 9.18 Å². The van der Waals surface area contributed by atoms with Crippen molar-refractivity contribution in [3.63, 3.8) is 0 Å². The van der Waals surface area contributed by atoms with E-state index in [-0.39, 0.29) is 11.6 Å². The Labute approximate surface area is 150 Å². The molecule has 0 aliphatic rings. The molecule has 0 aliphatic carbocycles. The van der Waals surface area contributed by atoms with Crippen molar-refractivity contribution in [1.29, 1.82) is 0 Å². The summed E-state index contributed by atoms with van der Waals surface area (Å²) in [4.78, 5) is 12.3. The SMILES string of the molecule is Cc1ccc(C(C)C)c(O[C@H](C)C(=O)Nc2ccc(Br)cc2F)c1. The monoisotopic (exact) mass is 393 g/mol. The Kier molecular flexibility index (Phi) is 5.99. The minimum Gasteiger partial charge on any atom is -0.481 e. The van der Waals surface area contributed by atoms with E-state index in [4.69, 9.17) is 4.74 Å². The molecule has 0 unspecified atom stereocenters. The lowest BCUT2D eigenvalue weighted by atomic mass is 10.0. The van der Waals surface area contributed by atoms with Gasteiger partial charge in [0.15, 0.2) is 6.10 Å². The van der Waals surface area contributed by atoms with Gasteiger partial charge >= 0.3 is 0 Å². The lowest BCUT2D eigenvalue weighted by Gasteiger charge is -2.19. The Morgan fingerprint density at radius 3 is 2.50 bits per heavy atom. The maximum atomic E-state index is 13.8. The summed E-state index contributed by atoms with van der Waals surface area (Å²) in [5, 5.41) is 2.56. The van der Waals surface area contributed by atoms with E-state index >= 15 is 0 Å². The zero-order valence-electron chi connectivity index (χ0n) is 14.2. The standard InChI is InChI=1S/C19H21BrFNO2/c1-11(2)15-7-5-12(3)9-18(15)24-13(4)19(23)22-17-8-6-14(20)10-16(17)21/h5-11,13H,1-4H3,(H,22,23)/t13-/m1/s1. The molecule has 2 aromatic rings.